The predicted molar refractivity (Wildman–Crippen MR) is 29.3 cm³/mol. The number of nitrogens with zero attached hydrogens (tertiary/aromatic N) is 1. The molecule has 1 aliphatic carbocycles. The lowest BCUT2D eigenvalue weighted by Crippen LogP contribution is -2.20. The average Bonchev–Trinajstić information content (AvgIpc) is 2.46. The molecule has 0 aromatic rings. The summed E-state index contributed by atoms with van der Waals surface area (Å²) in [5.41, 5.74) is 0. The number of piperidine rings is 1. The third kappa shape index (κ3) is 0.403. The van der Waals surface area contributed by atoms with E-state index in [0.29, 0.717) is 6.04 Å². The van der Waals surface area contributed by atoms with Crippen LogP contribution >= 0.6 is 0 Å². The van der Waals surface area contributed by atoms with E-state index >= 15 is 0 Å². The van der Waals surface area contributed by atoms with Crippen molar-refractivity contribution in [3.05, 3.63) is 0 Å². The molecular weight excluding hydrogens is 102 g/mol. The fourth-order valence-corrected chi connectivity index (χ4v) is 1.56. The molecule has 1 aliphatic heterocycles. The van der Waals surface area contributed by atoms with E-state index in [2.05, 4.69) is 0 Å². The molecule has 8 heavy (non-hydrogen) atoms. The van der Waals surface area contributed by atoms with Crippen LogP contribution in [0.3, 0.4) is 0 Å². The Balaban J connectivity index is 2.06. The second-order valence-corrected chi connectivity index (χ2v) is 2.70. The van der Waals surface area contributed by atoms with E-state index in [1.807, 2.05) is 4.90 Å². The number of hydrogen-bond donors (Lipinski definition) is 0. The van der Waals surface area contributed by atoms with E-state index in [0.717, 1.165) is 18.9 Å². The van der Waals surface area contributed by atoms with Gasteiger partial charge in [-0.3, -0.25) is 4.79 Å². The summed E-state index contributed by atoms with van der Waals surface area (Å²) in [6.45, 7) is 1.01. The van der Waals surface area contributed by atoms with Gasteiger partial charge in [0.25, 0.3) is 0 Å². The minimum absolute atomic E-state index is 0.660. The van der Waals surface area contributed by atoms with Crippen molar-refractivity contribution in [3.63, 3.8) is 0 Å². The van der Waals surface area contributed by atoms with Crippen molar-refractivity contribution in [2.45, 2.75) is 18.9 Å². The lowest BCUT2D eigenvalue weighted by atomic mass is 10.3. The van der Waals surface area contributed by atoms with Crippen LogP contribution in [0.4, 0.5) is 0 Å². The lowest BCUT2D eigenvalue weighted by molar-refractivity contribution is -0.117. The molecule has 2 fully saturated rings. The third-order valence-electron chi connectivity index (χ3n) is 2.20. The summed E-state index contributed by atoms with van der Waals surface area (Å²) in [4.78, 5) is 12.1. The van der Waals surface area contributed by atoms with E-state index in [9.17, 15) is 4.79 Å². The Labute approximate surface area is 48.5 Å². The van der Waals surface area contributed by atoms with Crippen LogP contribution in [0.15, 0.2) is 0 Å². The van der Waals surface area contributed by atoms with Gasteiger partial charge in [0.2, 0.25) is 6.41 Å². The molecule has 0 N–H and O–H groups in total. The van der Waals surface area contributed by atoms with Gasteiger partial charge in [-0.05, 0) is 18.8 Å². The first kappa shape index (κ1) is 4.36. The lowest BCUT2D eigenvalue weighted by Gasteiger charge is -2.08. The fraction of sp³-hybridized carbons (Fsp3) is 0.833. The maximum absolute atomic E-state index is 10.2. The summed E-state index contributed by atoms with van der Waals surface area (Å²) >= 11 is 0. The summed E-state index contributed by atoms with van der Waals surface area (Å²) in [5, 5.41) is 0. The minimum atomic E-state index is 0.660. The fourth-order valence-electron chi connectivity index (χ4n) is 1.56. The second-order valence-electron chi connectivity index (χ2n) is 2.70. The molecule has 2 rings (SSSR count). The first-order valence-corrected chi connectivity index (χ1v) is 3.13. The number of likely N-dealkylation sites (tertiary alicyclic amines) is 1. The van der Waals surface area contributed by atoms with Gasteiger partial charge in [-0.2, -0.15) is 0 Å². The molecule has 2 unspecified atom stereocenters. The molecule has 0 aromatic heterocycles. The Bertz CT molecular complexity index is 124. The summed E-state index contributed by atoms with van der Waals surface area (Å²) in [5.74, 6) is 0.889. The maximum atomic E-state index is 10.2. The Hall–Kier alpha value is -0.530. The van der Waals surface area contributed by atoms with Gasteiger partial charge >= 0.3 is 0 Å². The molecule has 2 aliphatic rings. The molecule has 1 heterocycles. The first-order chi connectivity index (χ1) is 3.92. The number of carbonyl (C=O) groups excluding carboxylic acids is 1. The monoisotopic (exact) mass is 111 g/mol. The molecule has 2 atom stereocenters. The molecule has 1 saturated carbocycles. The standard InChI is InChI=1S/C6H9NO/c8-4-7-2-1-5-3-6(5)7/h4-6H,1-3H2. The number of amides is 1. The Morgan fingerprint density at radius 1 is 1.62 bits per heavy atom. The van der Waals surface area contributed by atoms with Crippen LogP contribution in [0.25, 0.3) is 0 Å². The molecule has 0 aromatic carbocycles. The largest absolute Gasteiger partial charge is 0.342 e. The molecule has 44 valence electrons. The first-order valence-electron chi connectivity index (χ1n) is 3.13. The molecule has 0 spiro atoms. The molecule has 0 bridgehead atoms. The van der Waals surface area contributed by atoms with Crippen molar-refractivity contribution in [2.24, 2.45) is 5.92 Å². The number of carbonyl (C=O) groups is 1. The van der Waals surface area contributed by atoms with Crippen molar-refractivity contribution in [1.82, 2.24) is 4.90 Å². The smallest absolute Gasteiger partial charge is 0.209 e. The second kappa shape index (κ2) is 1.24. The molecule has 1 saturated heterocycles. The highest BCUT2D eigenvalue weighted by molar-refractivity contribution is 5.50. The van der Waals surface area contributed by atoms with Crippen molar-refractivity contribution in [1.29, 1.82) is 0 Å². The van der Waals surface area contributed by atoms with E-state index in [-0.39, 0.29) is 0 Å². The molecule has 2 heteroatoms. The van der Waals surface area contributed by atoms with Crippen molar-refractivity contribution in [2.75, 3.05) is 6.54 Å². The van der Waals surface area contributed by atoms with Crippen LogP contribution in [0, 0.1) is 5.92 Å². The topological polar surface area (TPSA) is 20.3 Å². The van der Waals surface area contributed by atoms with Gasteiger partial charge in [0.15, 0.2) is 0 Å². The van der Waals surface area contributed by atoms with Crippen LogP contribution in [0.2, 0.25) is 0 Å². The van der Waals surface area contributed by atoms with Crippen LogP contribution in [-0.4, -0.2) is 23.9 Å². The Morgan fingerprint density at radius 3 is 2.75 bits per heavy atom. The molecule has 2 nitrogen and oxygen atoms in total. The highest BCUT2D eigenvalue weighted by Crippen LogP contribution is 2.43. The number of hydrogen-bond acceptors (Lipinski definition) is 1. The summed E-state index contributed by atoms with van der Waals surface area (Å²) in [6, 6.07) is 0.660. The van der Waals surface area contributed by atoms with E-state index < -0.39 is 0 Å². The quantitative estimate of drug-likeness (QED) is 0.444. The van der Waals surface area contributed by atoms with E-state index in [1.54, 1.807) is 0 Å². The average molecular weight is 111 g/mol. The number of rotatable bonds is 1. The maximum Gasteiger partial charge on any atom is 0.209 e. The van der Waals surface area contributed by atoms with Crippen molar-refractivity contribution < 1.29 is 4.79 Å². The Kier molecular flexibility index (Phi) is 0.678. The predicted octanol–water partition coefficient (Wildman–Crippen LogP) is 0.237. The zero-order valence-electron chi connectivity index (χ0n) is 4.71. The third-order valence-corrected chi connectivity index (χ3v) is 2.20. The summed E-state index contributed by atoms with van der Waals surface area (Å²) in [6.07, 6.45) is 3.51. The van der Waals surface area contributed by atoms with Crippen LogP contribution < -0.4 is 0 Å². The van der Waals surface area contributed by atoms with Gasteiger partial charge in [-0.25, -0.2) is 0 Å². The zero-order chi connectivity index (χ0) is 5.56. The van der Waals surface area contributed by atoms with Gasteiger partial charge in [0.05, 0.1) is 0 Å². The normalized spacial score (nSPS) is 41.8. The summed E-state index contributed by atoms with van der Waals surface area (Å²) in [7, 11) is 0. The molecule has 1 amide bonds. The minimum Gasteiger partial charge on any atom is -0.342 e. The molecular formula is C6H9NO. The van der Waals surface area contributed by atoms with Crippen LogP contribution in [0.1, 0.15) is 12.8 Å². The molecule has 0 radical (unpaired) electrons. The van der Waals surface area contributed by atoms with Gasteiger partial charge in [0.1, 0.15) is 0 Å². The van der Waals surface area contributed by atoms with Crippen molar-refractivity contribution in [3.8, 4) is 0 Å². The van der Waals surface area contributed by atoms with E-state index in [4.69, 9.17) is 0 Å². The van der Waals surface area contributed by atoms with E-state index in [1.165, 1.54) is 12.8 Å². The SMILES string of the molecule is O=CN1CCC2CC21. The van der Waals surface area contributed by atoms with Crippen molar-refractivity contribution >= 4 is 6.41 Å². The van der Waals surface area contributed by atoms with Gasteiger partial charge < -0.3 is 4.90 Å². The van der Waals surface area contributed by atoms with Gasteiger partial charge in [-0.15, -0.1) is 0 Å². The summed E-state index contributed by atoms with van der Waals surface area (Å²) < 4.78 is 0. The van der Waals surface area contributed by atoms with Gasteiger partial charge in [-0.1, -0.05) is 0 Å². The van der Waals surface area contributed by atoms with Crippen LogP contribution in [0.5, 0.6) is 0 Å². The van der Waals surface area contributed by atoms with Crippen LogP contribution in [-0.2, 0) is 4.79 Å². The van der Waals surface area contributed by atoms with Gasteiger partial charge in [0, 0.05) is 12.6 Å². The highest BCUT2D eigenvalue weighted by atomic mass is 16.1. The Morgan fingerprint density at radius 2 is 2.50 bits per heavy atom. The highest BCUT2D eigenvalue weighted by Gasteiger charge is 2.46. The zero-order valence-corrected chi connectivity index (χ0v) is 4.71. The number of fused-ring (bicyclic) bond motifs is 1.